The number of hydrogen-bond donors (Lipinski definition) is 2. The van der Waals surface area contributed by atoms with Crippen molar-refractivity contribution in [3.63, 3.8) is 0 Å². The first-order chi connectivity index (χ1) is 13.7. The van der Waals surface area contributed by atoms with Crippen molar-refractivity contribution in [3.8, 4) is 5.75 Å². The summed E-state index contributed by atoms with van der Waals surface area (Å²) < 4.78 is 5.61. The largest absolute Gasteiger partial charge is 0.496 e. The van der Waals surface area contributed by atoms with Gasteiger partial charge in [0.15, 0.2) is 5.96 Å². The number of aryl methyl sites for hydroxylation is 2. The molecule has 0 saturated carbocycles. The molecule has 1 aliphatic carbocycles. The van der Waals surface area contributed by atoms with Gasteiger partial charge in [-0.2, -0.15) is 0 Å². The average Bonchev–Trinajstić information content (AvgIpc) is 3.40. The van der Waals surface area contributed by atoms with Gasteiger partial charge in [0.1, 0.15) is 5.75 Å². The molecule has 2 aliphatic rings. The first-order valence-electron chi connectivity index (χ1n) is 10.3. The van der Waals surface area contributed by atoms with E-state index in [-0.39, 0.29) is 30.0 Å². The second kappa shape index (κ2) is 10.3. The lowest BCUT2D eigenvalue weighted by atomic mass is 10.0. The van der Waals surface area contributed by atoms with E-state index in [4.69, 9.17) is 15.5 Å². The van der Waals surface area contributed by atoms with Crippen LogP contribution in [0, 0.1) is 0 Å². The summed E-state index contributed by atoms with van der Waals surface area (Å²) in [6.45, 7) is 2.80. The molecule has 1 saturated heterocycles. The van der Waals surface area contributed by atoms with E-state index < -0.39 is 0 Å². The van der Waals surface area contributed by atoms with Crippen LogP contribution in [0.5, 0.6) is 5.75 Å². The van der Waals surface area contributed by atoms with Gasteiger partial charge in [0, 0.05) is 11.3 Å². The third-order valence-electron chi connectivity index (χ3n) is 5.88. The minimum absolute atomic E-state index is 0. The van der Waals surface area contributed by atoms with E-state index in [0.717, 1.165) is 30.9 Å². The van der Waals surface area contributed by atoms with Gasteiger partial charge in [0.25, 0.3) is 0 Å². The molecule has 2 aromatic rings. The summed E-state index contributed by atoms with van der Waals surface area (Å²) in [6.07, 6.45) is 6.07. The smallest absolute Gasteiger partial charge is 0.193 e. The van der Waals surface area contributed by atoms with Crippen molar-refractivity contribution in [2.24, 2.45) is 10.7 Å². The van der Waals surface area contributed by atoms with Gasteiger partial charge in [-0.05, 0) is 74.5 Å². The molecule has 1 unspecified atom stereocenters. The van der Waals surface area contributed by atoms with Crippen LogP contribution in [0.15, 0.2) is 47.5 Å². The number of anilines is 1. The molecule has 156 valence electrons. The topological polar surface area (TPSA) is 62.9 Å². The molecule has 4 rings (SSSR count). The zero-order chi connectivity index (χ0) is 19.3. The highest BCUT2D eigenvalue weighted by Gasteiger charge is 2.25. The number of fused-ring (bicyclic) bond motifs is 1. The van der Waals surface area contributed by atoms with E-state index in [1.807, 2.05) is 12.1 Å². The fourth-order valence-corrected chi connectivity index (χ4v) is 4.43. The summed E-state index contributed by atoms with van der Waals surface area (Å²) in [7, 11) is 1.73. The summed E-state index contributed by atoms with van der Waals surface area (Å²) in [5, 5.41) is 3.28. The number of benzene rings is 2. The van der Waals surface area contributed by atoms with Crippen LogP contribution in [0.25, 0.3) is 0 Å². The van der Waals surface area contributed by atoms with Crippen molar-refractivity contribution >= 4 is 35.6 Å². The molecular formula is C23H31IN4O. The number of aliphatic imine (C=N–C) groups is 1. The number of halogens is 1. The molecule has 2 aromatic carbocycles. The predicted octanol–water partition coefficient (Wildman–Crippen LogP) is 4.37. The number of methoxy groups -OCH3 is 1. The predicted molar refractivity (Wildman–Crippen MR) is 131 cm³/mol. The number of ether oxygens (including phenoxy) is 1. The Morgan fingerprint density at radius 3 is 2.66 bits per heavy atom. The molecule has 1 atom stereocenters. The normalized spacial score (nSPS) is 17.5. The second-order valence-electron chi connectivity index (χ2n) is 7.69. The summed E-state index contributed by atoms with van der Waals surface area (Å²) in [5.41, 5.74) is 11.3. The quantitative estimate of drug-likeness (QED) is 0.347. The molecule has 0 amide bonds. The lowest BCUT2D eigenvalue weighted by molar-refractivity contribution is 0.245. The Hall–Kier alpha value is -1.80. The van der Waals surface area contributed by atoms with E-state index in [1.165, 1.54) is 42.4 Å². The molecule has 0 spiro atoms. The molecule has 0 bridgehead atoms. The zero-order valence-electron chi connectivity index (χ0n) is 17.1. The van der Waals surface area contributed by atoms with Crippen LogP contribution < -0.4 is 15.8 Å². The van der Waals surface area contributed by atoms with Crippen LogP contribution in [-0.4, -0.2) is 37.6 Å². The molecule has 5 nitrogen and oxygen atoms in total. The Labute approximate surface area is 190 Å². The van der Waals surface area contributed by atoms with Crippen LogP contribution in [0.3, 0.4) is 0 Å². The van der Waals surface area contributed by atoms with E-state index in [0.29, 0.717) is 12.5 Å². The van der Waals surface area contributed by atoms with Gasteiger partial charge in [0.2, 0.25) is 0 Å². The lowest BCUT2D eigenvalue weighted by Crippen LogP contribution is -2.30. The third kappa shape index (κ3) is 5.22. The molecule has 0 radical (unpaired) electrons. The van der Waals surface area contributed by atoms with Gasteiger partial charge in [-0.25, -0.2) is 0 Å². The summed E-state index contributed by atoms with van der Waals surface area (Å²) in [4.78, 5) is 7.19. The van der Waals surface area contributed by atoms with Crippen LogP contribution >= 0.6 is 24.0 Å². The number of nitrogens with one attached hydrogen (secondary N) is 1. The molecule has 3 N–H and O–H groups in total. The van der Waals surface area contributed by atoms with Crippen molar-refractivity contribution in [2.45, 2.75) is 38.1 Å². The van der Waals surface area contributed by atoms with Crippen molar-refractivity contribution < 1.29 is 4.74 Å². The highest BCUT2D eigenvalue weighted by molar-refractivity contribution is 14.0. The van der Waals surface area contributed by atoms with Crippen molar-refractivity contribution in [3.05, 3.63) is 59.2 Å². The van der Waals surface area contributed by atoms with E-state index >= 15 is 0 Å². The number of likely N-dealkylation sites (tertiary alicyclic amines) is 1. The molecule has 6 heteroatoms. The zero-order valence-corrected chi connectivity index (χ0v) is 19.4. The average molecular weight is 506 g/mol. The molecular weight excluding hydrogens is 475 g/mol. The molecule has 1 aliphatic heterocycles. The highest BCUT2D eigenvalue weighted by atomic mass is 127. The monoisotopic (exact) mass is 506 g/mol. The summed E-state index contributed by atoms with van der Waals surface area (Å²) in [5.74, 6) is 1.39. The van der Waals surface area contributed by atoms with Crippen LogP contribution in [0.1, 0.15) is 42.0 Å². The van der Waals surface area contributed by atoms with E-state index in [1.54, 1.807) is 7.11 Å². The number of rotatable bonds is 6. The highest BCUT2D eigenvalue weighted by Crippen LogP contribution is 2.32. The van der Waals surface area contributed by atoms with Crippen LogP contribution in [0.4, 0.5) is 5.69 Å². The van der Waals surface area contributed by atoms with E-state index in [9.17, 15) is 0 Å². The maximum Gasteiger partial charge on any atom is 0.193 e. The number of para-hydroxylation sites is 1. The van der Waals surface area contributed by atoms with E-state index in [2.05, 4.69) is 40.5 Å². The lowest BCUT2D eigenvalue weighted by Gasteiger charge is -2.28. The Morgan fingerprint density at radius 2 is 1.86 bits per heavy atom. The van der Waals surface area contributed by atoms with Gasteiger partial charge in [-0.1, -0.05) is 24.3 Å². The molecule has 29 heavy (non-hydrogen) atoms. The molecule has 0 aromatic heterocycles. The second-order valence-corrected chi connectivity index (χ2v) is 7.69. The summed E-state index contributed by atoms with van der Waals surface area (Å²) in [6, 6.07) is 14.9. The summed E-state index contributed by atoms with van der Waals surface area (Å²) >= 11 is 0. The maximum atomic E-state index is 6.24. The van der Waals surface area contributed by atoms with Gasteiger partial charge >= 0.3 is 0 Å². The first-order valence-corrected chi connectivity index (χ1v) is 10.3. The standard InChI is InChI=1S/C23H30N4O.HI/c1-28-22-10-3-2-9-20(22)21(27-13-4-5-14-27)16-25-23(24)26-19-12-11-17-7-6-8-18(17)15-19;/h2-3,9-12,15,21H,4-8,13-14,16H2,1H3,(H3,24,25,26);1H. The number of guanidine groups is 1. The Kier molecular flexibility index (Phi) is 7.77. The Balaban J connectivity index is 0.00000240. The van der Waals surface area contributed by atoms with Crippen molar-refractivity contribution in [2.75, 3.05) is 32.1 Å². The van der Waals surface area contributed by atoms with Crippen LogP contribution in [0.2, 0.25) is 0 Å². The van der Waals surface area contributed by atoms with Gasteiger partial charge in [0.05, 0.1) is 19.7 Å². The fraction of sp³-hybridized carbons (Fsp3) is 0.435. The van der Waals surface area contributed by atoms with Gasteiger partial charge in [-0.15, -0.1) is 24.0 Å². The van der Waals surface area contributed by atoms with Crippen LogP contribution in [-0.2, 0) is 12.8 Å². The molecule has 1 heterocycles. The maximum absolute atomic E-state index is 6.24. The fourth-order valence-electron chi connectivity index (χ4n) is 4.43. The van der Waals surface area contributed by atoms with Crippen molar-refractivity contribution in [1.29, 1.82) is 0 Å². The Morgan fingerprint density at radius 1 is 1.10 bits per heavy atom. The Bertz CT molecular complexity index is 849. The SMILES string of the molecule is COc1ccccc1C(CN=C(N)Nc1ccc2c(c1)CCC2)N1CCCC1.I. The van der Waals surface area contributed by atoms with Gasteiger partial charge in [-0.3, -0.25) is 9.89 Å². The minimum Gasteiger partial charge on any atom is -0.496 e. The van der Waals surface area contributed by atoms with Gasteiger partial charge < -0.3 is 15.8 Å². The number of nitrogens with zero attached hydrogens (tertiary/aromatic N) is 2. The number of nitrogens with two attached hydrogens (primary N) is 1. The number of hydrogen-bond acceptors (Lipinski definition) is 3. The molecule has 1 fully saturated rings. The first kappa shape index (κ1) is 21.9. The third-order valence-corrected chi connectivity index (χ3v) is 5.88. The van der Waals surface area contributed by atoms with Crippen molar-refractivity contribution in [1.82, 2.24) is 4.90 Å². The minimum atomic E-state index is 0.